The van der Waals surface area contributed by atoms with Crippen LogP contribution in [0.15, 0.2) is 5.16 Å². The third-order valence-electron chi connectivity index (χ3n) is 3.77. The van der Waals surface area contributed by atoms with Crippen molar-refractivity contribution in [2.75, 3.05) is 12.0 Å². The van der Waals surface area contributed by atoms with Crippen molar-refractivity contribution in [3.63, 3.8) is 0 Å². The highest BCUT2D eigenvalue weighted by molar-refractivity contribution is 7.98. The van der Waals surface area contributed by atoms with Gasteiger partial charge in [-0.15, -0.1) is 11.3 Å². The Hall–Kier alpha value is -0.850. The number of fused-ring (bicyclic) bond motifs is 3. The maximum atomic E-state index is 6.13. The van der Waals surface area contributed by atoms with Gasteiger partial charge in [0.25, 0.3) is 0 Å². The highest BCUT2D eigenvalue weighted by atomic mass is 32.2. The van der Waals surface area contributed by atoms with Gasteiger partial charge in [0.15, 0.2) is 5.16 Å². The first kappa shape index (κ1) is 13.1. The van der Waals surface area contributed by atoms with Crippen LogP contribution in [0.2, 0.25) is 0 Å². The van der Waals surface area contributed by atoms with Gasteiger partial charge in [-0.3, -0.25) is 0 Å². The molecular formula is C13H17N3OS2. The monoisotopic (exact) mass is 295 g/mol. The molecule has 4 nitrogen and oxygen atoms in total. The van der Waals surface area contributed by atoms with E-state index in [1.807, 2.05) is 6.26 Å². The van der Waals surface area contributed by atoms with Crippen LogP contribution in [-0.4, -0.2) is 21.8 Å². The minimum atomic E-state index is -0.0916. The smallest absolute Gasteiger partial charge is 0.190 e. The molecule has 0 unspecified atom stereocenters. The van der Waals surface area contributed by atoms with Crippen LogP contribution in [0.1, 0.15) is 30.7 Å². The van der Waals surface area contributed by atoms with E-state index in [1.165, 1.54) is 22.2 Å². The number of hydrogen-bond donors (Lipinski definition) is 1. The first-order valence-electron chi connectivity index (χ1n) is 6.32. The molecule has 0 spiro atoms. The number of nitrogen functional groups attached to an aromatic ring is 1. The minimum absolute atomic E-state index is 0.0916. The normalized spacial score (nSPS) is 22.7. The number of nitrogens with two attached hydrogens (primary N) is 1. The van der Waals surface area contributed by atoms with E-state index in [1.54, 1.807) is 11.3 Å². The highest BCUT2D eigenvalue weighted by Crippen LogP contribution is 2.41. The van der Waals surface area contributed by atoms with Crippen molar-refractivity contribution >= 4 is 39.1 Å². The Morgan fingerprint density at radius 2 is 2.26 bits per heavy atom. The Morgan fingerprint density at radius 3 is 2.95 bits per heavy atom. The fraction of sp³-hybridized carbons (Fsp3) is 0.538. The number of aromatic nitrogens is 2. The second kappa shape index (κ2) is 4.61. The summed E-state index contributed by atoms with van der Waals surface area (Å²) in [6, 6.07) is 0. The van der Waals surface area contributed by atoms with Gasteiger partial charge in [-0.2, -0.15) is 0 Å². The molecule has 1 aliphatic heterocycles. The van der Waals surface area contributed by atoms with Crippen LogP contribution >= 0.6 is 23.1 Å². The molecule has 19 heavy (non-hydrogen) atoms. The Kier molecular flexibility index (Phi) is 3.19. The van der Waals surface area contributed by atoms with Crippen molar-refractivity contribution in [3.05, 3.63) is 10.4 Å². The zero-order valence-electron chi connectivity index (χ0n) is 11.3. The second-order valence-corrected chi connectivity index (χ2v) is 6.91. The molecule has 3 rings (SSSR count). The van der Waals surface area contributed by atoms with Crippen LogP contribution in [0.3, 0.4) is 0 Å². The Balaban J connectivity index is 2.18. The molecule has 3 heterocycles. The van der Waals surface area contributed by atoms with Crippen LogP contribution in [0.4, 0.5) is 5.82 Å². The van der Waals surface area contributed by atoms with Crippen molar-refractivity contribution in [1.82, 2.24) is 9.97 Å². The molecule has 0 aromatic carbocycles. The Bertz CT molecular complexity index is 640. The molecule has 0 fully saturated rings. The predicted molar refractivity (Wildman–Crippen MR) is 80.8 cm³/mol. The first-order chi connectivity index (χ1) is 9.06. The van der Waals surface area contributed by atoms with Gasteiger partial charge in [-0.25, -0.2) is 9.97 Å². The van der Waals surface area contributed by atoms with Gasteiger partial charge >= 0.3 is 0 Å². The van der Waals surface area contributed by atoms with Gasteiger partial charge in [0.05, 0.1) is 17.6 Å². The summed E-state index contributed by atoms with van der Waals surface area (Å²) in [5, 5.41) is 1.78. The summed E-state index contributed by atoms with van der Waals surface area (Å²) in [5.41, 5.74) is 7.33. The van der Waals surface area contributed by atoms with Gasteiger partial charge in [0, 0.05) is 11.3 Å². The summed E-state index contributed by atoms with van der Waals surface area (Å²) in [7, 11) is 0. The molecule has 1 atom stereocenters. The fourth-order valence-electron chi connectivity index (χ4n) is 2.40. The minimum Gasteiger partial charge on any atom is -0.383 e. The number of rotatable bonds is 2. The van der Waals surface area contributed by atoms with Crippen molar-refractivity contribution in [1.29, 1.82) is 0 Å². The first-order valence-corrected chi connectivity index (χ1v) is 8.36. The average molecular weight is 295 g/mol. The van der Waals surface area contributed by atoms with Gasteiger partial charge in [0.2, 0.25) is 0 Å². The molecule has 0 saturated carbocycles. The molecule has 2 aromatic heterocycles. The summed E-state index contributed by atoms with van der Waals surface area (Å²) in [5.74, 6) is 0.604. The molecule has 2 aromatic rings. The van der Waals surface area contributed by atoms with Gasteiger partial charge in [-0.05, 0) is 25.2 Å². The van der Waals surface area contributed by atoms with Crippen LogP contribution < -0.4 is 5.73 Å². The van der Waals surface area contributed by atoms with E-state index < -0.39 is 0 Å². The van der Waals surface area contributed by atoms with Crippen LogP contribution in [-0.2, 0) is 17.8 Å². The van der Waals surface area contributed by atoms with E-state index in [0.29, 0.717) is 12.4 Å². The summed E-state index contributed by atoms with van der Waals surface area (Å²) in [6.45, 7) is 4.98. The lowest BCUT2D eigenvalue weighted by Gasteiger charge is -2.33. The largest absolute Gasteiger partial charge is 0.383 e. The van der Waals surface area contributed by atoms with Crippen LogP contribution in [0, 0.1) is 0 Å². The molecule has 2 N–H and O–H groups in total. The van der Waals surface area contributed by atoms with Crippen molar-refractivity contribution in [2.45, 2.75) is 44.1 Å². The molecule has 0 amide bonds. The van der Waals surface area contributed by atoms with Crippen LogP contribution in [0.25, 0.3) is 10.2 Å². The molecule has 0 saturated heterocycles. The summed E-state index contributed by atoms with van der Waals surface area (Å²) in [6.07, 6.45) is 3.85. The Morgan fingerprint density at radius 1 is 1.47 bits per heavy atom. The highest BCUT2D eigenvalue weighted by Gasteiger charge is 2.32. The summed E-state index contributed by atoms with van der Waals surface area (Å²) < 4.78 is 5.98. The maximum Gasteiger partial charge on any atom is 0.190 e. The summed E-state index contributed by atoms with van der Waals surface area (Å²) in [4.78, 5) is 11.2. The number of ether oxygens (including phenoxy) is 1. The molecule has 1 aliphatic rings. The number of nitrogens with zero attached hydrogens (tertiary/aromatic N) is 2. The molecule has 0 radical (unpaired) electrons. The molecule has 0 bridgehead atoms. The SMILES string of the molecule is CC[C@]1(C)Cc2c(sc3nc(SC)nc(N)c23)CO1. The van der Waals surface area contributed by atoms with E-state index in [0.717, 1.165) is 28.2 Å². The molecule has 102 valence electrons. The van der Waals surface area contributed by atoms with Crippen molar-refractivity contribution in [3.8, 4) is 0 Å². The predicted octanol–water partition coefficient (Wildman–Crippen LogP) is 3.24. The van der Waals surface area contributed by atoms with E-state index in [4.69, 9.17) is 10.5 Å². The lowest BCUT2D eigenvalue weighted by atomic mass is 9.90. The van der Waals surface area contributed by atoms with Crippen molar-refractivity contribution in [2.24, 2.45) is 0 Å². The zero-order chi connectivity index (χ0) is 13.6. The number of thioether (sulfide) groups is 1. The lowest BCUT2D eigenvalue weighted by Crippen LogP contribution is -2.33. The Labute approximate surface area is 120 Å². The van der Waals surface area contributed by atoms with E-state index in [-0.39, 0.29) is 5.60 Å². The maximum absolute atomic E-state index is 6.13. The topological polar surface area (TPSA) is 61.0 Å². The standard InChI is InChI=1S/C13H17N3OS2/c1-4-13(2)5-7-8(6-17-13)19-11-9(7)10(14)15-12(16-11)18-3/h4-6H2,1-3H3,(H2,14,15,16)/t13-/m1/s1. The number of hydrogen-bond acceptors (Lipinski definition) is 6. The van der Waals surface area contributed by atoms with Crippen LogP contribution in [0.5, 0.6) is 0 Å². The molecular weight excluding hydrogens is 278 g/mol. The van der Waals surface area contributed by atoms with Gasteiger partial charge in [0.1, 0.15) is 10.6 Å². The lowest BCUT2D eigenvalue weighted by molar-refractivity contribution is -0.0542. The van der Waals surface area contributed by atoms with E-state index in [2.05, 4.69) is 23.8 Å². The third-order valence-corrected chi connectivity index (χ3v) is 5.42. The fourth-order valence-corrected chi connectivity index (χ4v) is 3.94. The van der Waals surface area contributed by atoms with Gasteiger partial charge in [-0.1, -0.05) is 18.7 Å². The number of thiophene rings is 1. The quantitative estimate of drug-likeness (QED) is 0.681. The third kappa shape index (κ3) is 2.11. The zero-order valence-corrected chi connectivity index (χ0v) is 13.0. The molecule has 6 heteroatoms. The molecule has 0 aliphatic carbocycles. The van der Waals surface area contributed by atoms with E-state index in [9.17, 15) is 0 Å². The van der Waals surface area contributed by atoms with Gasteiger partial charge < -0.3 is 10.5 Å². The number of anilines is 1. The second-order valence-electron chi connectivity index (χ2n) is 5.05. The van der Waals surface area contributed by atoms with Crippen molar-refractivity contribution < 1.29 is 4.74 Å². The summed E-state index contributed by atoms with van der Waals surface area (Å²) >= 11 is 3.21. The van der Waals surface area contributed by atoms with E-state index >= 15 is 0 Å². The average Bonchev–Trinajstić information content (AvgIpc) is 2.76.